The minimum Gasteiger partial charge on any atom is -0.364 e. The van der Waals surface area contributed by atoms with Crippen LogP contribution in [-0.2, 0) is 0 Å². The van der Waals surface area contributed by atoms with Crippen LogP contribution in [0.25, 0.3) is 0 Å². The summed E-state index contributed by atoms with van der Waals surface area (Å²) in [6, 6.07) is 4.35. The minimum atomic E-state index is 0.232. The average Bonchev–Trinajstić information content (AvgIpc) is 2.71. The van der Waals surface area contributed by atoms with Crippen molar-refractivity contribution in [3.05, 3.63) is 24.0 Å². The second-order valence-corrected chi connectivity index (χ2v) is 4.05. The van der Waals surface area contributed by atoms with E-state index in [9.17, 15) is 0 Å². The summed E-state index contributed by atoms with van der Waals surface area (Å²) in [7, 11) is 0. The van der Waals surface area contributed by atoms with Crippen molar-refractivity contribution < 1.29 is 0 Å². The molecule has 0 saturated heterocycles. The molecule has 13 heavy (non-hydrogen) atoms. The Hall–Kier alpha value is -0.760. The van der Waals surface area contributed by atoms with Gasteiger partial charge in [-0.15, -0.1) is 0 Å². The molecule has 1 heterocycles. The molecule has 2 heteroatoms. The molecule has 1 saturated carbocycles. The molecular formula is C11H18N2. The first kappa shape index (κ1) is 8.82. The van der Waals surface area contributed by atoms with Crippen molar-refractivity contribution in [2.24, 2.45) is 11.7 Å². The molecule has 1 aliphatic rings. The molecule has 2 nitrogen and oxygen atoms in total. The maximum absolute atomic E-state index is 6.18. The first-order chi connectivity index (χ1) is 6.38. The Morgan fingerprint density at radius 3 is 2.69 bits per heavy atom. The van der Waals surface area contributed by atoms with E-state index in [2.05, 4.69) is 11.1 Å². The van der Waals surface area contributed by atoms with Gasteiger partial charge >= 0.3 is 0 Å². The second kappa shape index (κ2) is 3.97. The van der Waals surface area contributed by atoms with Gasteiger partial charge in [-0.1, -0.05) is 19.3 Å². The monoisotopic (exact) mass is 178 g/mol. The van der Waals surface area contributed by atoms with Crippen LogP contribution >= 0.6 is 0 Å². The van der Waals surface area contributed by atoms with Crippen LogP contribution < -0.4 is 5.73 Å². The lowest BCUT2D eigenvalue weighted by molar-refractivity contribution is 0.305. The largest absolute Gasteiger partial charge is 0.364 e. The Balaban J connectivity index is 1.99. The van der Waals surface area contributed by atoms with Gasteiger partial charge in [-0.2, -0.15) is 0 Å². The van der Waals surface area contributed by atoms with Crippen LogP contribution in [-0.4, -0.2) is 4.98 Å². The van der Waals surface area contributed by atoms with Crippen molar-refractivity contribution in [3.63, 3.8) is 0 Å². The Kier molecular flexibility index (Phi) is 2.69. The minimum absolute atomic E-state index is 0.232. The third-order valence-electron chi connectivity index (χ3n) is 3.14. The van der Waals surface area contributed by atoms with Crippen LogP contribution in [0, 0.1) is 5.92 Å². The lowest BCUT2D eigenvalue weighted by Gasteiger charge is -2.26. The SMILES string of the molecule is N[C@@H](c1ccc[nH]1)C1CCCCC1. The highest BCUT2D eigenvalue weighted by molar-refractivity contribution is 5.09. The van der Waals surface area contributed by atoms with Crippen molar-refractivity contribution >= 4 is 0 Å². The van der Waals surface area contributed by atoms with Gasteiger partial charge in [0, 0.05) is 17.9 Å². The van der Waals surface area contributed by atoms with Crippen LogP contribution in [0.15, 0.2) is 18.3 Å². The summed E-state index contributed by atoms with van der Waals surface area (Å²) in [5.41, 5.74) is 7.38. The Labute approximate surface area is 79.5 Å². The molecule has 0 radical (unpaired) electrons. The summed E-state index contributed by atoms with van der Waals surface area (Å²) >= 11 is 0. The van der Waals surface area contributed by atoms with E-state index in [4.69, 9.17) is 5.73 Å². The highest BCUT2D eigenvalue weighted by atomic mass is 14.8. The first-order valence-corrected chi connectivity index (χ1v) is 5.27. The molecule has 72 valence electrons. The van der Waals surface area contributed by atoms with Crippen molar-refractivity contribution in [1.29, 1.82) is 0 Å². The smallest absolute Gasteiger partial charge is 0.0476 e. The fourth-order valence-corrected chi connectivity index (χ4v) is 2.30. The summed E-state index contributed by atoms with van der Waals surface area (Å²) < 4.78 is 0. The number of nitrogens with one attached hydrogen (secondary N) is 1. The average molecular weight is 178 g/mol. The molecule has 1 atom stereocenters. The maximum Gasteiger partial charge on any atom is 0.0476 e. The summed E-state index contributed by atoms with van der Waals surface area (Å²) in [5, 5.41) is 0. The lowest BCUT2D eigenvalue weighted by atomic mass is 9.83. The molecule has 0 unspecified atom stereocenters. The third-order valence-corrected chi connectivity index (χ3v) is 3.14. The van der Waals surface area contributed by atoms with Gasteiger partial charge in [0.1, 0.15) is 0 Å². The van der Waals surface area contributed by atoms with Crippen LogP contribution in [0.4, 0.5) is 0 Å². The van der Waals surface area contributed by atoms with Crippen molar-refractivity contribution in [2.45, 2.75) is 38.1 Å². The van der Waals surface area contributed by atoms with E-state index in [1.807, 2.05) is 12.3 Å². The van der Waals surface area contributed by atoms with E-state index < -0.39 is 0 Å². The maximum atomic E-state index is 6.18. The van der Waals surface area contributed by atoms with Gasteiger partial charge in [0.05, 0.1) is 0 Å². The van der Waals surface area contributed by atoms with Crippen LogP contribution in [0.1, 0.15) is 43.8 Å². The van der Waals surface area contributed by atoms with Gasteiger partial charge in [-0.05, 0) is 30.9 Å². The Bertz CT molecular complexity index is 235. The summed E-state index contributed by atoms with van der Waals surface area (Å²) in [5.74, 6) is 0.701. The van der Waals surface area contributed by atoms with E-state index in [-0.39, 0.29) is 6.04 Å². The number of hydrogen-bond acceptors (Lipinski definition) is 1. The number of aromatic amines is 1. The normalized spacial score (nSPS) is 21.6. The van der Waals surface area contributed by atoms with Gasteiger partial charge in [-0.25, -0.2) is 0 Å². The van der Waals surface area contributed by atoms with Crippen molar-refractivity contribution in [3.8, 4) is 0 Å². The molecule has 0 aliphatic heterocycles. The predicted octanol–water partition coefficient (Wildman–Crippen LogP) is 2.59. The van der Waals surface area contributed by atoms with Crippen LogP contribution in [0.2, 0.25) is 0 Å². The van der Waals surface area contributed by atoms with Crippen LogP contribution in [0.3, 0.4) is 0 Å². The molecule has 0 aromatic carbocycles. The number of H-pyrrole nitrogens is 1. The van der Waals surface area contributed by atoms with Gasteiger partial charge in [0.25, 0.3) is 0 Å². The molecular weight excluding hydrogens is 160 g/mol. The summed E-state index contributed by atoms with van der Waals surface area (Å²) in [6.07, 6.45) is 8.69. The van der Waals surface area contributed by atoms with Crippen LogP contribution in [0.5, 0.6) is 0 Å². The third kappa shape index (κ3) is 1.94. The fraction of sp³-hybridized carbons (Fsp3) is 0.636. The molecule has 2 rings (SSSR count). The van der Waals surface area contributed by atoms with Crippen molar-refractivity contribution in [2.75, 3.05) is 0 Å². The molecule has 0 spiro atoms. The molecule has 1 fully saturated rings. The van der Waals surface area contributed by atoms with Gasteiger partial charge in [-0.3, -0.25) is 0 Å². The van der Waals surface area contributed by atoms with E-state index in [1.165, 1.54) is 37.8 Å². The zero-order chi connectivity index (χ0) is 9.10. The topological polar surface area (TPSA) is 41.8 Å². The molecule has 0 amide bonds. The molecule has 1 aromatic rings. The lowest BCUT2D eigenvalue weighted by Crippen LogP contribution is -2.23. The quantitative estimate of drug-likeness (QED) is 0.718. The zero-order valence-electron chi connectivity index (χ0n) is 8.00. The molecule has 3 N–H and O–H groups in total. The second-order valence-electron chi connectivity index (χ2n) is 4.05. The Morgan fingerprint density at radius 1 is 1.31 bits per heavy atom. The first-order valence-electron chi connectivity index (χ1n) is 5.27. The zero-order valence-corrected chi connectivity index (χ0v) is 8.00. The molecule has 1 aromatic heterocycles. The number of aromatic nitrogens is 1. The fourth-order valence-electron chi connectivity index (χ4n) is 2.30. The highest BCUT2D eigenvalue weighted by Crippen LogP contribution is 2.31. The molecule has 1 aliphatic carbocycles. The number of hydrogen-bond donors (Lipinski definition) is 2. The number of rotatable bonds is 2. The van der Waals surface area contributed by atoms with Gasteiger partial charge < -0.3 is 10.7 Å². The predicted molar refractivity (Wildman–Crippen MR) is 54.3 cm³/mol. The summed E-state index contributed by atoms with van der Waals surface area (Å²) in [6.45, 7) is 0. The standard InChI is InChI=1S/C11H18N2/c12-11(10-7-4-8-13-10)9-5-2-1-3-6-9/h4,7-9,11,13H,1-3,5-6,12H2/t11-/m1/s1. The summed E-state index contributed by atoms with van der Waals surface area (Å²) in [4.78, 5) is 3.21. The van der Waals surface area contributed by atoms with Crippen molar-refractivity contribution in [1.82, 2.24) is 4.98 Å². The highest BCUT2D eigenvalue weighted by Gasteiger charge is 2.21. The Morgan fingerprint density at radius 2 is 2.08 bits per heavy atom. The van der Waals surface area contributed by atoms with E-state index in [1.54, 1.807) is 0 Å². The van der Waals surface area contributed by atoms with E-state index in [0.717, 1.165) is 0 Å². The van der Waals surface area contributed by atoms with Gasteiger partial charge in [0.15, 0.2) is 0 Å². The van der Waals surface area contributed by atoms with E-state index >= 15 is 0 Å². The number of nitrogens with two attached hydrogens (primary N) is 1. The van der Waals surface area contributed by atoms with Gasteiger partial charge in [0.2, 0.25) is 0 Å². The van der Waals surface area contributed by atoms with E-state index in [0.29, 0.717) is 5.92 Å². The molecule has 0 bridgehead atoms.